The molecule has 0 aliphatic heterocycles. The maximum Gasteiger partial charge on any atom is 0.338 e. The predicted octanol–water partition coefficient (Wildman–Crippen LogP) is 1.04. The molecule has 1 aromatic carbocycles. The van der Waals surface area contributed by atoms with Gasteiger partial charge < -0.3 is 9.84 Å². The Morgan fingerprint density at radius 2 is 1.87 bits per heavy atom. The van der Waals surface area contributed by atoms with Crippen molar-refractivity contribution in [3.63, 3.8) is 0 Å². The first-order valence-corrected chi connectivity index (χ1v) is 4.54. The summed E-state index contributed by atoms with van der Waals surface area (Å²) in [7, 11) is 0. The first-order chi connectivity index (χ1) is 7.16. The van der Waals surface area contributed by atoms with Gasteiger partial charge in [0.15, 0.2) is 5.78 Å². The fourth-order valence-electron chi connectivity index (χ4n) is 1.18. The van der Waals surface area contributed by atoms with Gasteiger partial charge in [-0.15, -0.1) is 0 Å². The Hall–Kier alpha value is -1.68. The second-order valence-electron chi connectivity index (χ2n) is 2.96. The molecule has 0 aliphatic carbocycles. The molecular formula is C11H12O4. The van der Waals surface area contributed by atoms with Gasteiger partial charge in [0.05, 0.1) is 12.2 Å². The lowest BCUT2D eigenvalue weighted by atomic mass is 10.0. The highest BCUT2D eigenvalue weighted by molar-refractivity contribution is 6.05. The van der Waals surface area contributed by atoms with E-state index in [2.05, 4.69) is 0 Å². The second kappa shape index (κ2) is 5.26. The van der Waals surface area contributed by atoms with E-state index >= 15 is 0 Å². The summed E-state index contributed by atoms with van der Waals surface area (Å²) in [4.78, 5) is 22.6. The molecule has 1 aromatic rings. The molecule has 15 heavy (non-hydrogen) atoms. The first-order valence-electron chi connectivity index (χ1n) is 4.54. The van der Waals surface area contributed by atoms with Gasteiger partial charge in [0.2, 0.25) is 0 Å². The zero-order valence-corrected chi connectivity index (χ0v) is 8.40. The van der Waals surface area contributed by atoms with E-state index in [9.17, 15) is 9.59 Å². The summed E-state index contributed by atoms with van der Waals surface area (Å²) in [6, 6.07) is 6.43. The smallest absolute Gasteiger partial charge is 0.338 e. The fourth-order valence-corrected chi connectivity index (χ4v) is 1.18. The largest absolute Gasteiger partial charge is 0.460 e. The van der Waals surface area contributed by atoms with Crippen LogP contribution in [0.3, 0.4) is 0 Å². The summed E-state index contributed by atoms with van der Waals surface area (Å²) < 4.78 is 4.73. The normalized spacial score (nSPS) is 9.73. The van der Waals surface area contributed by atoms with E-state index in [4.69, 9.17) is 9.84 Å². The van der Waals surface area contributed by atoms with E-state index in [0.717, 1.165) is 0 Å². The lowest BCUT2D eigenvalue weighted by Crippen LogP contribution is -2.12. The van der Waals surface area contributed by atoms with Crippen molar-refractivity contribution >= 4 is 11.8 Å². The van der Waals surface area contributed by atoms with Crippen LogP contribution in [0.5, 0.6) is 0 Å². The number of esters is 1. The van der Waals surface area contributed by atoms with Crippen LogP contribution in [0.1, 0.15) is 27.6 Å². The molecule has 1 rings (SSSR count). The van der Waals surface area contributed by atoms with E-state index in [-0.39, 0.29) is 24.6 Å². The summed E-state index contributed by atoms with van der Waals surface area (Å²) in [6.45, 7) is 1.09. The Kier molecular flexibility index (Phi) is 4.00. The van der Waals surface area contributed by atoms with Crippen molar-refractivity contribution in [2.45, 2.75) is 6.92 Å². The predicted molar refractivity (Wildman–Crippen MR) is 53.8 cm³/mol. The zero-order valence-electron chi connectivity index (χ0n) is 8.40. The molecular weight excluding hydrogens is 196 g/mol. The topological polar surface area (TPSA) is 63.6 Å². The molecule has 1 N–H and O–H groups in total. The van der Waals surface area contributed by atoms with Gasteiger partial charge in [-0.3, -0.25) is 4.79 Å². The molecule has 0 radical (unpaired) electrons. The van der Waals surface area contributed by atoms with Crippen molar-refractivity contribution in [1.82, 2.24) is 0 Å². The minimum Gasteiger partial charge on any atom is -0.460 e. The van der Waals surface area contributed by atoms with Crippen LogP contribution >= 0.6 is 0 Å². The number of hydrogen-bond donors (Lipinski definition) is 1. The Bertz CT molecular complexity index is 371. The van der Waals surface area contributed by atoms with Crippen LogP contribution in [-0.2, 0) is 4.74 Å². The number of carbonyl (C=O) groups is 2. The van der Waals surface area contributed by atoms with Crippen LogP contribution in [0, 0.1) is 0 Å². The summed E-state index contributed by atoms with van der Waals surface area (Å²) in [5, 5.41) is 8.50. The quantitative estimate of drug-likeness (QED) is 0.593. The van der Waals surface area contributed by atoms with Gasteiger partial charge in [-0.25, -0.2) is 4.79 Å². The van der Waals surface area contributed by atoms with Crippen molar-refractivity contribution < 1.29 is 19.4 Å². The molecule has 0 amide bonds. The number of hydrogen-bond acceptors (Lipinski definition) is 4. The van der Waals surface area contributed by atoms with E-state index in [0.29, 0.717) is 5.56 Å². The number of ketones is 1. The summed E-state index contributed by atoms with van der Waals surface area (Å²) in [5.41, 5.74) is 0.568. The molecule has 0 unspecified atom stereocenters. The highest BCUT2D eigenvalue weighted by atomic mass is 16.5. The van der Waals surface area contributed by atoms with E-state index in [1.54, 1.807) is 18.2 Å². The van der Waals surface area contributed by atoms with Crippen molar-refractivity contribution in [1.29, 1.82) is 0 Å². The summed E-state index contributed by atoms with van der Waals surface area (Å²) in [5.74, 6) is -0.776. The molecule has 0 atom stereocenters. The second-order valence-corrected chi connectivity index (χ2v) is 2.96. The number of aliphatic hydroxyl groups excluding tert-OH is 1. The SMILES string of the molecule is CC(=O)c1ccccc1C(=O)OCCO. The lowest BCUT2D eigenvalue weighted by molar-refractivity contribution is 0.0431. The van der Waals surface area contributed by atoms with Gasteiger partial charge in [0, 0.05) is 5.56 Å². The Morgan fingerprint density at radius 1 is 1.27 bits per heavy atom. The highest BCUT2D eigenvalue weighted by Gasteiger charge is 2.14. The maximum absolute atomic E-state index is 11.4. The fraction of sp³-hybridized carbons (Fsp3) is 0.273. The number of ether oxygens (including phenoxy) is 1. The lowest BCUT2D eigenvalue weighted by Gasteiger charge is -2.05. The van der Waals surface area contributed by atoms with Gasteiger partial charge in [-0.1, -0.05) is 18.2 Å². The highest BCUT2D eigenvalue weighted by Crippen LogP contribution is 2.10. The minimum atomic E-state index is -0.588. The van der Waals surface area contributed by atoms with Crippen LogP contribution in [0.15, 0.2) is 24.3 Å². The van der Waals surface area contributed by atoms with E-state index in [1.165, 1.54) is 13.0 Å². The standard InChI is InChI=1S/C11H12O4/c1-8(13)9-4-2-3-5-10(9)11(14)15-7-6-12/h2-5,12H,6-7H2,1H3. The zero-order chi connectivity index (χ0) is 11.3. The summed E-state index contributed by atoms with van der Waals surface area (Å²) >= 11 is 0. The van der Waals surface area contributed by atoms with Gasteiger partial charge in [-0.05, 0) is 13.0 Å². The van der Waals surface area contributed by atoms with Crippen molar-refractivity contribution in [3.05, 3.63) is 35.4 Å². The van der Waals surface area contributed by atoms with Crippen LogP contribution in [0.2, 0.25) is 0 Å². The van der Waals surface area contributed by atoms with Gasteiger partial charge in [0.1, 0.15) is 6.61 Å². The molecule has 0 fully saturated rings. The van der Waals surface area contributed by atoms with Gasteiger partial charge >= 0.3 is 5.97 Å². The monoisotopic (exact) mass is 208 g/mol. The summed E-state index contributed by atoms with van der Waals surface area (Å²) in [6.07, 6.45) is 0. The Morgan fingerprint density at radius 3 is 2.40 bits per heavy atom. The van der Waals surface area contributed by atoms with Crippen LogP contribution < -0.4 is 0 Å². The van der Waals surface area contributed by atoms with Crippen molar-refractivity contribution in [3.8, 4) is 0 Å². The molecule has 0 aromatic heterocycles. The molecule has 0 aliphatic rings. The molecule has 4 heteroatoms. The minimum absolute atomic E-state index is 0.0644. The van der Waals surface area contributed by atoms with E-state index in [1.807, 2.05) is 0 Å². The third kappa shape index (κ3) is 2.89. The van der Waals surface area contributed by atoms with E-state index < -0.39 is 5.97 Å². The maximum atomic E-state index is 11.4. The molecule has 0 heterocycles. The molecule has 0 saturated heterocycles. The average Bonchev–Trinajstić information content (AvgIpc) is 2.25. The van der Waals surface area contributed by atoms with Crippen LogP contribution in [-0.4, -0.2) is 30.1 Å². The molecule has 0 spiro atoms. The number of Topliss-reactive ketones (excluding diaryl/α,β-unsaturated/α-hetero) is 1. The molecule has 4 nitrogen and oxygen atoms in total. The van der Waals surface area contributed by atoms with Crippen molar-refractivity contribution in [2.75, 3.05) is 13.2 Å². The Labute approximate surface area is 87.5 Å². The van der Waals surface area contributed by atoms with Gasteiger partial charge in [0.25, 0.3) is 0 Å². The number of aliphatic hydroxyl groups is 1. The molecule has 80 valence electrons. The number of rotatable bonds is 4. The average molecular weight is 208 g/mol. The third-order valence-electron chi connectivity index (χ3n) is 1.85. The third-order valence-corrected chi connectivity index (χ3v) is 1.85. The molecule has 0 saturated carbocycles. The molecule has 0 bridgehead atoms. The number of benzene rings is 1. The van der Waals surface area contributed by atoms with Crippen LogP contribution in [0.4, 0.5) is 0 Å². The first kappa shape index (κ1) is 11.4. The Balaban J connectivity index is 2.92. The van der Waals surface area contributed by atoms with Crippen LogP contribution in [0.25, 0.3) is 0 Å². The van der Waals surface area contributed by atoms with Crippen molar-refractivity contribution in [2.24, 2.45) is 0 Å². The van der Waals surface area contributed by atoms with Gasteiger partial charge in [-0.2, -0.15) is 0 Å². The number of carbonyl (C=O) groups excluding carboxylic acids is 2.